The van der Waals surface area contributed by atoms with Gasteiger partial charge >= 0.3 is 0 Å². The Labute approximate surface area is 108 Å². The van der Waals surface area contributed by atoms with E-state index in [0.29, 0.717) is 0 Å². The first kappa shape index (κ1) is 14.0. The van der Waals surface area contributed by atoms with Gasteiger partial charge in [0, 0.05) is 0 Å². The minimum atomic E-state index is 0.0539. The lowest BCUT2D eigenvalue weighted by atomic mass is 10.1. The van der Waals surface area contributed by atoms with Crippen LogP contribution >= 0.6 is 0 Å². The molecule has 1 rings (SSSR count). The Morgan fingerprint density at radius 2 is 1.78 bits per heavy atom. The van der Waals surface area contributed by atoms with Gasteiger partial charge in [-0.2, -0.15) is 0 Å². The zero-order valence-corrected chi connectivity index (χ0v) is 11.0. The second-order valence-electron chi connectivity index (χ2n) is 3.99. The van der Waals surface area contributed by atoms with E-state index in [4.69, 9.17) is 4.74 Å². The van der Waals surface area contributed by atoms with Crippen LogP contribution in [0, 0.1) is 0 Å². The Morgan fingerprint density at radius 3 is 2.33 bits per heavy atom. The van der Waals surface area contributed by atoms with E-state index in [2.05, 4.69) is 0 Å². The van der Waals surface area contributed by atoms with Crippen LogP contribution in [-0.2, 0) is 4.79 Å². The normalized spacial score (nSPS) is 12.3. The number of ether oxygens (including phenoxy) is 1. The highest BCUT2D eigenvalue weighted by molar-refractivity contribution is 5.87. The summed E-state index contributed by atoms with van der Waals surface area (Å²) in [5.74, 6) is 0.905. The average molecular weight is 242 g/mol. The first-order valence-corrected chi connectivity index (χ1v) is 5.79. The van der Waals surface area contributed by atoms with Gasteiger partial charge < -0.3 is 4.74 Å². The monoisotopic (exact) mass is 242 g/mol. The Kier molecular flexibility index (Phi) is 5.65. The second-order valence-corrected chi connectivity index (χ2v) is 3.99. The summed E-state index contributed by atoms with van der Waals surface area (Å²) in [6.45, 7) is 3.53. The molecule has 0 aliphatic carbocycles. The van der Waals surface area contributed by atoms with Crippen LogP contribution in [0.1, 0.15) is 19.4 Å². The quantitative estimate of drug-likeness (QED) is 0.580. The smallest absolute Gasteiger partial charge is 0.152 e. The maximum absolute atomic E-state index is 10.7. The van der Waals surface area contributed by atoms with Crippen molar-refractivity contribution in [2.24, 2.45) is 0 Å². The predicted octanol–water partition coefficient (Wildman–Crippen LogP) is 3.80. The van der Waals surface area contributed by atoms with Crippen molar-refractivity contribution < 1.29 is 9.53 Å². The van der Waals surface area contributed by atoms with Gasteiger partial charge in [-0.05, 0) is 37.6 Å². The van der Waals surface area contributed by atoms with Crippen LogP contribution < -0.4 is 4.74 Å². The number of benzene rings is 1. The molecule has 0 spiro atoms. The van der Waals surface area contributed by atoms with Crippen LogP contribution in [0.5, 0.6) is 5.75 Å². The van der Waals surface area contributed by atoms with Gasteiger partial charge in [-0.1, -0.05) is 42.0 Å². The summed E-state index contributed by atoms with van der Waals surface area (Å²) in [5, 5.41) is 0. The number of rotatable bonds is 5. The van der Waals surface area contributed by atoms with Crippen LogP contribution in [0.3, 0.4) is 0 Å². The number of carbonyl (C=O) groups excluding carboxylic acids is 1. The van der Waals surface area contributed by atoms with Gasteiger partial charge in [0.15, 0.2) is 5.78 Å². The molecule has 0 fully saturated rings. The second kappa shape index (κ2) is 7.28. The summed E-state index contributed by atoms with van der Waals surface area (Å²) in [7, 11) is 1.65. The highest BCUT2D eigenvalue weighted by atomic mass is 16.5. The van der Waals surface area contributed by atoms with Crippen molar-refractivity contribution in [2.75, 3.05) is 7.11 Å². The molecule has 0 unspecified atom stereocenters. The Hall–Kier alpha value is -2.09. The van der Waals surface area contributed by atoms with Crippen LogP contribution in [0.15, 0.2) is 54.1 Å². The number of methoxy groups -OCH3 is 1. The minimum Gasteiger partial charge on any atom is -0.497 e. The summed E-state index contributed by atoms with van der Waals surface area (Å²) >= 11 is 0. The van der Waals surface area contributed by atoms with Gasteiger partial charge in [-0.25, -0.2) is 0 Å². The van der Waals surface area contributed by atoms with Crippen molar-refractivity contribution in [3.8, 4) is 5.75 Å². The molecule has 0 atom stereocenters. The molecule has 0 N–H and O–H groups in total. The Balaban J connectivity index is 2.65. The molecule has 1 aromatic carbocycles. The van der Waals surface area contributed by atoms with Gasteiger partial charge in [0.05, 0.1) is 7.11 Å². The Morgan fingerprint density at radius 1 is 1.11 bits per heavy atom. The fourth-order valence-corrected chi connectivity index (χ4v) is 1.33. The molecule has 0 radical (unpaired) electrons. The van der Waals surface area contributed by atoms with Crippen LogP contribution in [0.4, 0.5) is 0 Å². The van der Waals surface area contributed by atoms with Gasteiger partial charge in [0.25, 0.3) is 0 Å². The molecule has 0 aliphatic rings. The lowest BCUT2D eigenvalue weighted by molar-refractivity contribution is -0.112. The van der Waals surface area contributed by atoms with Gasteiger partial charge in [0.2, 0.25) is 0 Å². The van der Waals surface area contributed by atoms with E-state index in [1.165, 1.54) is 6.92 Å². The van der Waals surface area contributed by atoms with E-state index >= 15 is 0 Å². The fourth-order valence-electron chi connectivity index (χ4n) is 1.33. The molecule has 0 saturated heterocycles. The van der Waals surface area contributed by atoms with Gasteiger partial charge in [0.1, 0.15) is 5.75 Å². The molecule has 1 aromatic rings. The van der Waals surface area contributed by atoms with E-state index in [1.54, 1.807) is 19.3 Å². The van der Waals surface area contributed by atoms with Gasteiger partial charge in [-0.15, -0.1) is 0 Å². The molecule has 0 amide bonds. The molecule has 0 aliphatic heterocycles. The third-order valence-corrected chi connectivity index (χ3v) is 2.34. The molecule has 0 aromatic heterocycles. The first-order valence-electron chi connectivity index (χ1n) is 5.79. The largest absolute Gasteiger partial charge is 0.497 e. The van der Waals surface area contributed by atoms with Crippen molar-refractivity contribution in [1.29, 1.82) is 0 Å². The summed E-state index contributed by atoms with van der Waals surface area (Å²) in [5.41, 5.74) is 2.20. The highest BCUT2D eigenvalue weighted by Gasteiger charge is 1.89. The third kappa shape index (κ3) is 5.30. The lowest BCUT2D eigenvalue weighted by Crippen LogP contribution is -1.81. The van der Waals surface area contributed by atoms with E-state index in [-0.39, 0.29) is 5.78 Å². The molecule has 0 heterocycles. The zero-order valence-electron chi connectivity index (χ0n) is 11.0. The molecular weight excluding hydrogens is 224 g/mol. The summed E-state index contributed by atoms with van der Waals surface area (Å²) in [6.07, 6.45) is 9.24. The van der Waals surface area contributed by atoms with Crippen LogP contribution in [0.25, 0.3) is 6.08 Å². The predicted molar refractivity (Wildman–Crippen MR) is 75.6 cm³/mol. The number of hydrogen-bond acceptors (Lipinski definition) is 2. The fraction of sp³-hybridized carbons (Fsp3) is 0.188. The molecule has 18 heavy (non-hydrogen) atoms. The van der Waals surface area contributed by atoms with E-state index in [1.807, 2.05) is 49.4 Å². The maximum atomic E-state index is 10.7. The van der Waals surface area contributed by atoms with Crippen molar-refractivity contribution in [2.45, 2.75) is 13.8 Å². The third-order valence-electron chi connectivity index (χ3n) is 2.34. The van der Waals surface area contributed by atoms with Crippen LogP contribution in [0.2, 0.25) is 0 Å². The van der Waals surface area contributed by atoms with Crippen molar-refractivity contribution in [3.05, 3.63) is 59.7 Å². The van der Waals surface area contributed by atoms with Gasteiger partial charge in [-0.3, -0.25) is 4.79 Å². The minimum absolute atomic E-state index is 0.0539. The summed E-state index contributed by atoms with van der Waals surface area (Å²) in [6, 6.07) is 7.84. The molecule has 0 bridgehead atoms. The van der Waals surface area contributed by atoms with E-state index in [0.717, 1.165) is 16.9 Å². The van der Waals surface area contributed by atoms with Crippen molar-refractivity contribution in [3.63, 3.8) is 0 Å². The Bertz CT molecular complexity index is 476. The summed E-state index contributed by atoms with van der Waals surface area (Å²) < 4.78 is 5.09. The number of hydrogen-bond donors (Lipinski definition) is 0. The number of allylic oxidation sites excluding steroid dienone is 5. The molecule has 94 valence electrons. The zero-order chi connectivity index (χ0) is 13.4. The topological polar surface area (TPSA) is 26.3 Å². The number of carbonyl (C=O) groups is 1. The summed E-state index contributed by atoms with van der Waals surface area (Å²) in [4.78, 5) is 10.7. The lowest BCUT2D eigenvalue weighted by Gasteiger charge is -1.99. The average Bonchev–Trinajstić information content (AvgIpc) is 2.36. The highest BCUT2D eigenvalue weighted by Crippen LogP contribution is 2.13. The molecular formula is C16H18O2. The van der Waals surface area contributed by atoms with Crippen LogP contribution in [-0.4, -0.2) is 12.9 Å². The standard InChI is InChI=1S/C16H18O2/c1-13(5-4-6-14(2)17)7-8-15-9-11-16(18-3)12-10-15/h4-12H,1-3H3. The van der Waals surface area contributed by atoms with E-state index in [9.17, 15) is 4.79 Å². The first-order chi connectivity index (χ1) is 8.61. The maximum Gasteiger partial charge on any atom is 0.152 e. The van der Waals surface area contributed by atoms with Crippen molar-refractivity contribution in [1.82, 2.24) is 0 Å². The number of ketones is 1. The molecule has 2 heteroatoms. The molecule has 0 saturated carbocycles. The molecule has 2 nitrogen and oxygen atoms in total. The van der Waals surface area contributed by atoms with E-state index < -0.39 is 0 Å². The SMILES string of the molecule is COc1ccc(C=CC(C)=CC=CC(C)=O)cc1. The van der Waals surface area contributed by atoms with Crippen molar-refractivity contribution >= 4 is 11.9 Å².